The van der Waals surface area contributed by atoms with E-state index in [2.05, 4.69) is 10.3 Å². The van der Waals surface area contributed by atoms with Crippen LogP contribution in [0.3, 0.4) is 0 Å². The molecule has 0 spiro atoms. The lowest BCUT2D eigenvalue weighted by molar-refractivity contribution is 0.251. The molecule has 0 saturated carbocycles. The fourth-order valence-corrected chi connectivity index (χ4v) is 2.42. The maximum absolute atomic E-state index is 11.7. The number of nitrogens with zero attached hydrogens (tertiary/aromatic N) is 1. The van der Waals surface area contributed by atoms with Crippen molar-refractivity contribution in [2.75, 3.05) is 18.2 Å². The van der Waals surface area contributed by atoms with Gasteiger partial charge in [-0.1, -0.05) is 6.92 Å². The van der Waals surface area contributed by atoms with Gasteiger partial charge in [-0.05, 0) is 31.9 Å². The first-order valence-corrected chi connectivity index (χ1v) is 7.75. The predicted octanol–water partition coefficient (Wildman–Crippen LogP) is 1.45. The van der Waals surface area contributed by atoms with Crippen LogP contribution < -0.4 is 5.32 Å². The van der Waals surface area contributed by atoms with Gasteiger partial charge in [0.15, 0.2) is 9.84 Å². The summed E-state index contributed by atoms with van der Waals surface area (Å²) in [7, 11) is -3.32. The molecule has 0 saturated heterocycles. The molecular formula is C12H20N2O3S. The third-order valence-corrected chi connectivity index (χ3v) is 4.16. The molecule has 0 aromatic carbocycles. The van der Waals surface area contributed by atoms with Crippen molar-refractivity contribution in [3.05, 3.63) is 18.3 Å². The summed E-state index contributed by atoms with van der Waals surface area (Å²) in [6.07, 6.45) is 3.99. The second-order valence-corrected chi connectivity index (χ2v) is 6.62. The summed E-state index contributed by atoms with van der Waals surface area (Å²) in [5.41, 5.74) is -0.372. The highest BCUT2D eigenvalue weighted by Gasteiger charge is 2.24. The van der Waals surface area contributed by atoms with Gasteiger partial charge in [0.2, 0.25) is 0 Å². The van der Waals surface area contributed by atoms with Crippen molar-refractivity contribution >= 4 is 15.7 Å². The van der Waals surface area contributed by atoms with Crippen molar-refractivity contribution in [3.63, 3.8) is 0 Å². The molecule has 0 aliphatic carbocycles. The Labute approximate surface area is 108 Å². The van der Waals surface area contributed by atoms with Gasteiger partial charge in [-0.25, -0.2) is 13.4 Å². The molecule has 0 fully saturated rings. The third kappa shape index (κ3) is 3.68. The Morgan fingerprint density at radius 1 is 1.50 bits per heavy atom. The first-order valence-electron chi connectivity index (χ1n) is 5.86. The minimum atomic E-state index is -3.32. The van der Waals surface area contributed by atoms with Gasteiger partial charge in [-0.15, -0.1) is 0 Å². The number of anilines is 1. The Morgan fingerprint density at radius 2 is 2.17 bits per heavy atom. The van der Waals surface area contributed by atoms with E-state index in [0.717, 1.165) is 12.7 Å². The fraction of sp³-hybridized carbons (Fsp3) is 0.583. The number of nitrogens with one attached hydrogen (secondary N) is 1. The largest absolute Gasteiger partial charge is 0.396 e. The van der Waals surface area contributed by atoms with Crippen LogP contribution in [0.15, 0.2) is 23.2 Å². The van der Waals surface area contributed by atoms with E-state index in [0.29, 0.717) is 12.2 Å². The SMILES string of the molecule is CCC(C)(CCO)Nc1ncccc1S(C)(=O)=O. The van der Waals surface area contributed by atoms with E-state index in [-0.39, 0.29) is 17.0 Å². The van der Waals surface area contributed by atoms with Gasteiger partial charge in [0.1, 0.15) is 10.7 Å². The van der Waals surface area contributed by atoms with E-state index in [1.165, 1.54) is 6.07 Å². The molecule has 1 aromatic heterocycles. The summed E-state index contributed by atoms with van der Waals surface area (Å²) in [4.78, 5) is 4.27. The topological polar surface area (TPSA) is 79.3 Å². The van der Waals surface area contributed by atoms with Crippen LogP contribution in [0.5, 0.6) is 0 Å². The molecule has 102 valence electrons. The minimum Gasteiger partial charge on any atom is -0.396 e. The molecule has 1 atom stereocenters. The zero-order chi connectivity index (χ0) is 13.8. The van der Waals surface area contributed by atoms with E-state index in [1.54, 1.807) is 12.3 Å². The number of sulfone groups is 1. The Kier molecular flexibility index (Phi) is 4.70. The number of aliphatic hydroxyl groups excluding tert-OH is 1. The van der Waals surface area contributed by atoms with Crippen molar-refractivity contribution in [3.8, 4) is 0 Å². The molecule has 0 aliphatic heterocycles. The highest BCUT2D eigenvalue weighted by atomic mass is 32.2. The summed E-state index contributed by atoms with van der Waals surface area (Å²) in [6, 6.07) is 3.12. The molecule has 1 aromatic rings. The van der Waals surface area contributed by atoms with Crippen LogP contribution in [0, 0.1) is 0 Å². The molecule has 6 heteroatoms. The van der Waals surface area contributed by atoms with Gasteiger partial charge in [0, 0.05) is 24.6 Å². The highest BCUT2D eigenvalue weighted by molar-refractivity contribution is 7.90. The Hall–Kier alpha value is -1.14. The van der Waals surface area contributed by atoms with Gasteiger partial charge < -0.3 is 10.4 Å². The number of rotatable bonds is 6. The summed E-state index contributed by atoms with van der Waals surface area (Å²) in [5, 5.41) is 12.2. The molecule has 0 radical (unpaired) electrons. The smallest absolute Gasteiger partial charge is 0.179 e. The summed E-state index contributed by atoms with van der Waals surface area (Å²) < 4.78 is 23.3. The molecule has 0 amide bonds. The average molecular weight is 272 g/mol. The zero-order valence-corrected chi connectivity index (χ0v) is 11.8. The van der Waals surface area contributed by atoms with Gasteiger partial charge in [-0.3, -0.25) is 0 Å². The van der Waals surface area contributed by atoms with Crippen molar-refractivity contribution in [1.29, 1.82) is 0 Å². The van der Waals surface area contributed by atoms with Gasteiger partial charge in [0.25, 0.3) is 0 Å². The molecule has 1 rings (SSSR count). The minimum absolute atomic E-state index is 0.0401. The molecule has 1 unspecified atom stereocenters. The van der Waals surface area contributed by atoms with Crippen molar-refractivity contribution in [2.24, 2.45) is 0 Å². The second kappa shape index (κ2) is 5.67. The van der Waals surface area contributed by atoms with Crippen LogP contribution in [0.1, 0.15) is 26.7 Å². The monoisotopic (exact) mass is 272 g/mol. The molecular weight excluding hydrogens is 252 g/mol. The number of hydrogen-bond acceptors (Lipinski definition) is 5. The molecule has 18 heavy (non-hydrogen) atoms. The molecule has 1 heterocycles. The standard InChI is InChI=1S/C12H20N2O3S/c1-4-12(2,7-9-15)14-11-10(18(3,16)17)6-5-8-13-11/h5-6,8,15H,4,7,9H2,1-3H3,(H,13,14). The van der Waals surface area contributed by atoms with Crippen molar-refractivity contribution < 1.29 is 13.5 Å². The van der Waals surface area contributed by atoms with E-state index < -0.39 is 9.84 Å². The van der Waals surface area contributed by atoms with Gasteiger partial charge in [-0.2, -0.15) is 0 Å². The van der Waals surface area contributed by atoms with Crippen LogP contribution in [0.2, 0.25) is 0 Å². The lowest BCUT2D eigenvalue weighted by atomic mass is 9.95. The average Bonchev–Trinajstić information content (AvgIpc) is 2.28. The lowest BCUT2D eigenvalue weighted by Gasteiger charge is -2.30. The van der Waals surface area contributed by atoms with E-state index in [9.17, 15) is 8.42 Å². The van der Waals surface area contributed by atoms with E-state index in [4.69, 9.17) is 5.11 Å². The molecule has 0 aliphatic rings. The Morgan fingerprint density at radius 3 is 2.67 bits per heavy atom. The molecule has 0 bridgehead atoms. The quantitative estimate of drug-likeness (QED) is 0.819. The summed E-state index contributed by atoms with van der Waals surface area (Å²) >= 11 is 0. The summed E-state index contributed by atoms with van der Waals surface area (Å²) in [5.74, 6) is 0.345. The fourth-order valence-electron chi connectivity index (χ4n) is 1.64. The van der Waals surface area contributed by atoms with Crippen molar-refractivity contribution in [1.82, 2.24) is 4.98 Å². The Bertz CT molecular complexity index is 502. The number of aromatic nitrogens is 1. The van der Waals surface area contributed by atoms with Gasteiger partial charge in [0.05, 0.1) is 0 Å². The van der Waals surface area contributed by atoms with Crippen LogP contribution in [-0.2, 0) is 9.84 Å². The first kappa shape index (κ1) is 14.9. The van der Waals surface area contributed by atoms with Crippen LogP contribution >= 0.6 is 0 Å². The van der Waals surface area contributed by atoms with Crippen molar-refractivity contribution in [2.45, 2.75) is 37.1 Å². The normalized spacial score (nSPS) is 15.1. The van der Waals surface area contributed by atoms with E-state index in [1.807, 2.05) is 13.8 Å². The number of pyridine rings is 1. The van der Waals surface area contributed by atoms with Crippen LogP contribution in [0.25, 0.3) is 0 Å². The highest BCUT2D eigenvalue weighted by Crippen LogP contribution is 2.25. The predicted molar refractivity (Wildman–Crippen MR) is 71.4 cm³/mol. The van der Waals surface area contributed by atoms with Crippen LogP contribution in [0.4, 0.5) is 5.82 Å². The maximum Gasteiger partial charge on any atom is 0.179 e. The Balaban J connectivity index is 3.11. The lowest BCUT2D eigenvalue weighted by Crippen LogP contribution is -2.36. The first-order chi connectivity index (χ1) is 8.32. The van der Waals surface area contributed by atoms with Crippen LogP contribution in [-0.4, -0.2) is 36.9 Å². The maximum atomic E-state index is 11.7. The third-order valence-electron chi connectivity index (χ3n) is 3.03. The van der Waals surface area contributed by atoms with Gasteiger partial charge >= 0.3 is 0 Å². The number of aliphatic hydroxyl groups is 1. The van der Waals surface area contributed by atoms with E-state index >= 15 is 0 Å². The molecule has 2 N–H and O–H groups in total. The summed E-state index contributed by atoms with van der Waals surface area (Å²) in [6.45, 7) is 3.95. The molecule has 5 nitrogen and oxygen atoms in total. The second-order valence-electron chi connectivity index (χ2n) is 4.64. The number of hydrogen-bond donors (Lipinski definition) is 2. The zero-order valence-electron chi connectivity index (χ0n) is 11.0.